The zero-order chi connectivity index (χ0) is 12.3. The van der Waals surface area contributed by atoms with Crippen molar-refractivity contribution in [3.63, 3.8) is 0 Å². The molecule has 2 nitrogen and oxygen atoms in total. The fourth-order valence-corrected chi connectivity index (χ4v) is 3.02. The number of hydrogen-bond donors (Lipinski definition) is 1. The summed E-state index contributed by atoms with van der Waals surface area (Å²) in [5.41, 5.74) is 2.61. The van der Waals surface area contributed by atoms with Crippen molar-refractivity contribution >= 4 is 15.9 Å². The van der Waals surface area contributed by atoms with E-state index >= 15 is 0 Å². The Morgan fingerprint density at radius 3 is 2.88 bits per heavy atom. The monoisotopic (exact) mass is 297 g/mol. The third-order valence-electron chi connectivity index (χ3n) is 3.36. The molecule has 1 saturated heterocycles. The summed E-state index contributed by atoms with van der Waals surface area (Å²) >= 11 is 3.65. The quantitative estimate of drug-likeness (QED) is 0.923. The Bertz CT molecular complexity index is 386. The van der Waals surface area contributed by atoms with E-state index in [9.17, 15) is 0 Å². The molecule has 94 valence electrons. The van der Waals surface area contributed by atoms with Crippen LogP contribution in [0.1, 0.15) is 30.4 Å². The van der Waals surface area contributed by atoms with E-state index in [1.54, 1.807) is 7.11 Å². The molecule has 0 amide bonds. The Hall–Kier alpha value is -0.540. The van der Waals surface area contributed by atoms with Crippen molar-refractivity contribution < 1.29 is 4.74 Å². The maximum Gasteiger partial charge on any atom is 0.133 e. The lowest BCUT2D eigenvalue weighted by Crippen LogP contribution is -2.35. The summed E-state index contributed by atoms with van der Waals surface area (Å²) in [6.45, 7) is 3.28. The number of benzene rings is 1. The molecule has 1 fully saturated rings. The van der Waals surface area contributed by atoms with Crippen LogP contribution in [0, 0.1) is 6.92 Å². The van der Waals surface area contributed by atoms with Crippen molar-refractivity contribution in [1.29, 1.82) is 0 Å². The average molecular weight is 298 g/mol. The van der Waals surface area contributed by atoms with Crippen LogP contribution in [0.25, 0.3) is 0 Å². The second-order valence-electron chi connectivity index (χ2n) is 4.79. The lowest BCUT2D eigenvalue weighted by molar-refractivity contribution is 0.394. The molecule has 1 aliphatic rings. The highest BCUT2D eigenvalue weighted by atomic mass is 79.9. The minimum atomic E-state index is 0.617. The first kappa shape index (κ1) is 12.9. The van der Waals surface area contributed by atoms with Crippen molar-refractivity contribution in [2.45, 2.75) is 38.6 Å². The van der Waals surface area contributed by atoms with E-state index in [1.165, 1.54) is 30.4 Å². The topological polar surface area (TPSA) is 21.3 Å². The highest BCUT2D eigenvalue weighted by molar-refractivity contribution is 9.10. The number of rotatable bonds is 3. The van der Waals surface area contributed by atoms with Gasteiger partial charge in [0.25, 0.3) is 0 Å². The molecule has 1 atom stereocenters. The molecule has 0 aliphatic carbocycles. The molecule has 1 aromatic carbocycles. The predicted molar refractivity (Wildman–Crippen MR) is 74.8 cm³/mol. The van der Waals surface area contributed by atoms with Crippen LogP contribution in [0.5, 0.6) is 5.75 Å². The standard InChI is InChI=1S/C14H20BrNO/c1-10-7-11(14(15)13(8-10)17-2)9-12-5-3-4-6-16-12/h7-8,12,16H,3-6,9H2,1-2H3. The third-order valence-corrected chi connectivity index (χ3v) is 4.26. The average Bonchev–Trinajstić information content (AvgIpc) is 2.34. The van der Waals surface area contributed by atoms with Gasteiger partial charge in [0.1, 0.15) is 5.75 Å². The Morgan fingerprint density at radius 2 is 2.24 bits per heavy atom. The van der Waals surface area contributed by atoms with E-state index in [1.807, 2.05) is 0 Å². The molecule has 0 bridgehead atoms. The molecule has 0 radical (unpaired) electrons. The van der Waals surface area contributed by atoms with Gasteiger partial charge in [0.05, 0.1) is 11.6 Å². The van der Waals surface area contributed by atoms with Gasteiger partial charge in [-0.25, -0.2) is 0 Å². The molecule has 1 unspecified atom stereocenters. The zero-order valence-corrected chi connectivity index (χ0v) is 12.1. The van der Waals surface area contributed by atoms with Gasteiger partial charge in [0.2, 0.25) is 0 Å². The molecule has 2 rings (SSSR count). The fraction of sp³-hybridized carbons (Fsp3) is 0.571. The second-order valence-corrected chi connectivity index (χ2v) is 5.58. The first-order chi connectivity index (χ1) is 8.20. The van der Waals surface area contributed by atoms with Crippen LogP contribution in [0.15, 0.2) is 16.6 Å². The SMILES string of the molecule is COc1cc(C)cc(CC2CCCCN2)c1Br. The Morgan fingerprint density at radius 1 is 1.41 bits per heavy atom. The van der Waals surface area contributed by atoms with Gasteiger partial charge in [-0.15, -0.1) is 0 Å². The van der Waals surface area contributed by atoms with Gasteiger partial charge in [-0.2, -0.15) is 0 Å². The third kappa shape index (κ3) is 3.23. The summed E-state index contributed by atoms with van der Waals surface area (Å²) in [4.78, 5) is 0. The molecule has 1 aromatic rings. The van der Waals surface area contributed by atoms with Crippen LogP contribution in [-0.2, 0) is 6.42 Å². The summed E-state index contributed by atoms with van der Waals surface area (Å²) < 4.78 is 6.50. The van der Waals surface area contributed by atoms with E-state index in [0.29, 0.717) is 6.04 Å². The normalized spacial score (nSPS) is 20.3. The van der Waals surface area contributed by atoms with Gasteiger partial charge in [0, 0.05) is 6.04 Å². The van der Waals surface area contributed by atoms with E-state index in [4.69, 9.17) is 4.74 Å². The van der Waals surface area contributed by atoms with Gasteiger partial charge >= 0.3 is 0 Å². The van der Waals surface area contributed by atoms with Crippen LogP contribution < -0.4 is 10.1 Å². The molecule has 0 aromatic heterocycles. The van der Waals surface area contributed by atoms with Gasteiger partial charge in [-0.1, -0.05) is 12.5 Å². The summed E-state index contributed by atoms with van der Waals surface area (Å²) in [6, 6.07) is 4.94. The Kier molecular flexibility index (Phi) is 4.46. The number of methoxy groups -OCH3 is 1. The number of ether oxygens (including phenoxy) is 1. The van der Waals surface area contributed by atoms with E-state index < -0.39 is 0 Å². The van der Waals surface area contributed by atoms with Crippen molar-refractivity contribution in [1.82, 2.24) is 5.32 Å². The summed E-state index contributed by atoms with van der Waals surface area (Å²) in [6.07, 6.45) is 5.02. The largest absolute Gasteiger partial charge is 0.496 e. The van der Waals surface area contributed by atoms with Crippen LogP contribution in [0.3, 0.4) is 0 Å². The molecule has 3 heteroatoms. The maximum atomic E-state index is 5.39. The lowest BCUT2D eigenvalue weighted by Gasteiger charge is -2.24. The molecule has 0 saturated carbocycles. The molecule has 0 spiro atoms. The van der Waals surface area contributed by atoms with E-state index in [-0.39, 0.29) is 0 Å². The number of aryl methyl sites for hydroxylation is 1. The number of hydrogen-bond acceptors (Lipinski definition) is 2. The molecule has 17 heavy (non-hydrogen) atoms. The first-order valence-corrected chi connectivity index (χ1v) is 7.06. The molecule has 1 aliphatic heterocycles. The molecule has 1 N–H and O–H groups in total. The van der Waals surface area contributed by atoms with Gasteiger partial charge in [-0.05, 0) is 65.9 Å². The number of halogens is 1. The van der Waals surface area contributed by atoms with Crippen molar-refractivity contribution in [3.8, 4) is 5.75 Å². The lowest BCUT2D eigenvalue weighted by atomic mass is 9.97. The van der Waals surface area contributed by atoms with Gasteiger partial charge in [-0.3, -0.25) is 0 Å². The van der Waals surface area contributed by atoms with Crippen molar-refractivity contribution in [3.05, 3.63) is 27.7 Å². The number of piperidine rings is 1. The smallest absolute Gasteiger partial charge is 0.133 e. The van der Waals surface area contributed by atoms with Crippen LogP contribution in [-0.4, -0.2) is 19.7 Å². The fourth-order valence-electron chi connectivity index (χ4n) is 2.47. The van der Waals surface area contributed by atoms with Gasteiger partial charge in [0.15, 0.2) is 0 Å². The van der Waals surface area contributed by atoms with Crippen LogP contribution >= 0.6 is 15.9 Å². The summed E-state index contributed by atoms with van der Waals surface area (Å²) in [5, 5.41) is 3.59. The van der Waals surface area contributed by atoms with Crippen molar-refractivity contribution in [2.24, 2.45) is 0 Å². The van der Waals surface area contributed by atoms with Crippen molar-refractivity contribution in [2.75, 3.05) is 13.7 Å². The van der Waals surface area contributed by atoms with Crippen LogP contribution in [0.2, 0.25) is 0 Å². The van der Waals surface area contributed by atoms with E-state index in [0.717, 1.165) is 23.2 Å². The number of nitrogens with one attached hydrogen (secondary N) is 1. The highest BCUT2D eigenvalue weighted by Gasteiger charge is 2.16. The minimum absolute atomic E-state index is 0.617. The second kappa shape index (κ2) is 5.87. The van der Waals surface area contributed by atoms with E-state index in [2.05, 4.69) is 40.3 Å². The molecular weight excluding hydrogens is 278 g/mol. The first-order valence-electron chi connectivity index (χ1n) is 6.27. The molecular formula is C14H20BrNO. The van der Waals surface area contributed by atoms with Crippen LogP contribution in [0.4, 0.5) is 0 Å². The zero-order valence-electron chi connectivity index (χ0n) is 10.6. The minimum Gasteiger partial charge on any atom is -0.496 e. The maximum absolute atomic E-state index is 5.39. The predicted octanol–water partition coefficient (Wildman–Crippen LogP) is 3.45. The highest BCUT2D eigenvalue weighted by Crippen LogP contribution is 2.31. The Balaban J connectivity index is 2.16. The summed E-state index contributed by atoms with van der Waals surface area (Å²) in [5.74, 6) is 0.941. The summed E-state index contributed by atoms with van der Waals surface area (Å²) in [7, 11) is 1.72. The van der Waals surface area contributed by atoms with Gasteiger partial charge < -0.3 is 10.1 Å². The molecule has 1 heterocycles. The Labute approximate surface area is 112 Å².